The molecule has 2 aliphatic rings. The minimum atomic E-state index is -0.716. The van der Waals surface area contributed by atoms with E-state index in [-0.39, 0.29) is 6.10 Å². The Hall–Kier alpha value is -2.54. The van der Waals surface area contributed by atoms with Crippen molar-refractivity contribution in [3.05, 3.63) is 77.8 Å². The average molecular weight is 482 g/mol. The number of nitrogens with zero attached hydrogens (tertiary/aromatic N) is 3. The molecule has 0 amide bonds. The molecule has 5 rings (SSSR count). The SMILES string of the molecule is Clc1ccc(CC[C@]2(Cn3ccnc3)OC[C@H](COc3ccc(N4CCCCC4)cc3)O2)cc1. The maximum Gasteiger partial charge on any atom is 0.187 e. The predicted octanol–water partition coefficient (Wildman–Crippen LogP) is 5.35. The van der Waals surface area contributed by atoms with Gasteiger partial charge in [-0.15, -0.1) is 0 Å². The highest BCUT2D eigenvalue weighted by atomic mass is 35.5. The number of anilines is 1. The molecule has 2 saturated heterocycles. The average Bonchev–Trinajstić information content (AvgIpc) is 3.54. The second kappa shape index (κ2) is 10.8. The van der Waals surface area contributed by atoms with Gasteiger partial charge in [0, 0.05) is 42.6 Å². The molecular weight excluding hydrogens is 450 g/mol. The molecule has 3 heterocycles. The van der Waals surface area contributed by atoms with Gasteiger partial charge < -0.3 is 23.7 Å². The Kier molecular flexibility index (Phi) is 7.38. The zero-order valence-corrected chi connectivity index (χ0v) is 20.2. The van der Waals surface area contributed by atoms with Crippen LogP contribution in [0.4, 0.5) is 5.69 Å². The zero-order chi connectivity index (χ0) is 23.2. The van der Waals surface area contributed by atoms with E-state index in [0.29, 0.717) is 19.8 Å². The van der Waals surface area contributed by atoms with E-state index in [1.165, 1.54) is 30.5 Å². The van der Waals surface area contributed by atoms with Crippen molar-refractivity contribution in [2.24, 2.45) is 0 Å². The number of piperidine rings is 1. The van der Waals surface area contributed by atoms with E-state index in [1.807, 2.05) is 22.9 Å². The van der Waals surface area contributed by atoms with Crippen molar-refractivity contribution in [1.29, 1.82) is 0 Å². The van der Waals surface area contributed by atoms with Crippen LogP contribution in [0.25, 0.3) is 0 Å². The Balaban J connectivity index is 1.18. The van der Waals surface area contributed by atoms with Crippen molar-refractivity contribution in [1.82, 2.24) is 9.55 Å². The summed E-state index contributed by atoms with van der Waals surface area (Å²) < 4.78 is 20.8. The molecule has 0 spiro atoms. The molecule has 2 aliphatic heterocycles. The number of imidazole rings is 1. The predicted molar refractivity (Wildman–Crippen MR) is 134 cm³/mol. The summed E-state index contributed by atoms with van der Waals surface area (Å²) in [4.78, 5) is 6.62. The van der Waals surface area contributed by atoms with Crippen LogP contribution in [0, 0.1) is 0 Å². The molecule has 0 bridgehead atoms. The number of ether oxygens (including phenoxy) is 3. The standard InChI is InChI=1S/C27H32ClN3O3/c28-23-6-4-22(5-7-23)12-13-27(20-30-17-14-29-21-30)33-19-26(34-27)18-32-25-10-8-24(9-11-25)31-15-2-1-3-16-31/h4-11,14,17,21,26H,1-3,12-13,15-16,18-20H2/t26-,27-/m0/s1. The fourth-order valence-corrected chi connectivity index (χ4v) is 4.86. The lowest BCUT2D eigenvalue weighted by Gasteiger charge is -2.29. The molecule has 3 aromatic rings. The van der Waals surface area contributed by atoms with Gasteiger partial charge in [0.25, 0.3) is 0 Å². The summed E-state index contributed by atoms with van der Waals surface area (Å²) in [6, 6.07) is 16.4. The Morgan fingerprint density at radius 2 is 1.82 bits per heavy atom. The van der Waals surface area contributed by atoms with Crippen molar-refractivity contribution in [3.63, 3.8) is 0 Å². The van der Waals surface area contributed by atoms with Crippen molar-refractivity contribution in [2.75, 3.05) is 31.2 Å². The van der Waals surface area contributed by atoms with E-state index < -0.39 is 5.79 Å². The second-order valence-electron chi connectivity index (χ2n) is 9.18. The van der Waals surface area contributed by atoms with E-state index in [4.69, 9.17) is 25.8 Å². The number of hydrogen-bond donors (Lipinski definition) is 0. The van der Waals surface area contributed by atoms with Gasteiger partial charge in [0.05, 0.1) is 19.5 Å². The first-order valence-corrected chi connectivity index (χ1v) is 12.6. The molecule has 1 aromatic heterocycles. The largest absolute Gasteiger partial charge is 0.491 e. The first-order valence-electron chi connectivity index (χ1n) is 12.2. The summed E-state index contributed by atoms with van der Waals surface area (Å²) in [6.45, 7) is 3.82. The highest BCUT2D eigenvalue weighted by Crippen LogP contribution is 2.32. The third-order valence-corrected chi connectivity index (χ3v) is 6.85. The summed E-state index contributed by atoms with van der Waals surface area (Å²) in [5.74, 6) is 0.143. The highest BCUT2D eigenvalue weighted by Gasteiger charge is 2.42. The van der Waals surface area contributed by atoms with Crippen LogP contribution in [0.2, 0.25) is 5.02 Å². The third-order valence-electron chi connectivity index (χ3n) is 6.60. The number of aryl methyl sites for hydroxylation is 1. The fraction of sp³-hybridized carbons (Fsp3) is 0.444. The van der Waals surface area contributed by atoms with Gasteiger partial charge in [-0.1, -0.05) is 23.7 Å². The molecule has 0 N–H and O–H groups in total. The molecule has 180 valence electrons. The minimum absolute atomic E-state index is 0.129. The van der Waals surface area contributed by atoms with Crippen LogP contribution in [-0.2, 0) is 22.4 Å². The molecule has 2 aromatic carbocycles. The quantitative estimate of drug-likeness (QED) is 0.412. The molecule has 7 heteroatoms. The van der Waals surface area contributed by atoms with Crippen LogP contribution in [0.15, 0.2) is 67.3 Å². The van der Waals surface area contributed by atoms with E-state index >= 15 is 0 Å². The lowest BCUT2D eigenvalue weighted by molar-refractivity contribution is -0.184. The third kappa shape index (κ3) is 5.93. The Morgan fingerprint density at radius 1 is 1.03 bits per heavy atom. The van der Waals surface area contributed by atoms with Gasteiger partial charge in [-0.2, -0.15) is 0 Å². The van der Waals surface area contributed by atoms with Gasteiger partial charge in [0.1, 0.15) is 18.5 Å². The van der Waals surface area contributed by atoms with Gasteiger partial charge in [-0.05, 0) is 67.6 Å². The molecule has 0 aliphatic carbocycles. The smallest absolute Gasteiger partial charge is 0.187 e. The second-order valence-corrected chi connectivity index (χ2v) is 9.61. The number of aromatic nitrogens is 2. The molecular formula is C27H32ClN3O3. The highest BCUT2D eigenvalue weighted by molar-refractivity contribution is 6.30. The first-order chi connectivity index (χ1) is 16.7. The normalized spacial score (nSPS) is 22.7. The van der Waals surface area contributed by atoms with Crippen LogP contribution in [0.1, 0.15) is 31.2 Å². The summed E-state index contributed by atoms with van der Waals surface area (Å²) in [6.07, 6.45) is 10.8. The van der Waals surface area contributed by atoms with Gasteiger partial charge in [-0.3, -0.25) is 0 Å². The summed E-state index contributed by atoms with van der Waals surface area (Å²) in [5, 5.41) is 0.742. The first kappa shape index (κ1) is 23.2. The van der Waals surface area contributed by atoms with Crippen molar-refractivity contribution < 1.29 is 14.2 Å². The van der Waals surface area contributed by atoms with Crippen LogP contribution >= 0.6 is 11.6 Å². The Bertz CT molecular complexity index is 1020. The van der Waals surface area contributed by atoms with Crippen molar-refractivity contribution in [2.45, 2.75) is 50.5 Å². The summed E-state index contributed by atoms with van der Waals surface area (Å²) >= 11 is 6.04. The molecule has 34 heavy (non-hydrogen) atoms. The number of rotatable bonds is 9. The number of halogens is 1. The van der Waals surface area contributed by atoms with E-state index in [0.717, 1.165) is 36.7 Å². The van der Waals surface area contributed by atoms with E-state index in [2.05, 4.69) is 46.3 Å². The zero-order valence-electron chi connectivity index (χ0n) is 19.4. The van der Waals surface area contributed by atoms with Crippen LogP contribution in [-0.4, -0.2) is 47.7 Å². The number of benzene rings is 2. The fourth-order valence-electron chi connectivity index (χ4n) is 4.73. The van der Waals surface area contributed by atoms with Crippen LogP contribution in [0.5, 0.6) is 5.75 Å². The van der Waals surface area contributed by atoms with Gasteiger partial charge in [0.2, 0.25) is 0 Å². The Morgan fingerprint density at radius 3 is 2.56 bits per heavy atom. The van der Waals surface area contributed by atoms with E-state index in [1.54, 1.807) is 12.5 Å². The molecule has 0 saturated carbocycles. The monoisotopic (exact) mass is 481 g/mol. The van der Waals surface area contributed by atoms with Crippen LogP contribution < -0.4 is 9.64 Å². The number of hydrogen-bond acceptors (Lipinski definition) is 5. The molecule has 0 radical (unpaired) electrons. The van der Waals surface area contributed by atoms with Crippen molar-refractivity contribution >= 4 is 17.3 Å². The lowest BCUT2D eigenvalue weighted by Crippen LogP contribution is -2.37. The summed E-state index contributed by atoms with van der Waals surface area (Å²) in [5.41, 5.74) is 2.48. The molecule has 6 nitrogen and oxygen atoms in total. The summed E-state index contributed by atoms with van der Waals surface area (Å²) in [7, 11) is 0. The van der Waals surface area contributed by atoms with Crippen LogP contribution in [0.3, 0.4) is 0 Å². The lowest BCUT2D eigenvalue weighted by atomic mass is 10.0. The van der Waals surface area contributed by atoms with Crippen molar-refractivity contribution in [3.8, 4) is 5.75 Å². The Labute approximate surface area is 206 Å². The minimum Gasteiger partial charge on any atom is -0.491 e. The van der Waals surface area contributed by atoms with Gasteiger partial charge in [-0.25, -0.2) is 4.98 Å². The maximum atomic E-state index is 6.48. The maximum absolute atomic E-state index is 6.48. The van der Waals surface area contributed by atoms with Gasteiger partial charge >= 0.3 is 0 Å². The van der Waals surface area contributed by atoms with Gasteiger partial charge in [0.15, 0.2) is 5.79 Å². The van der Waals surface area contributed by atoms with E-state index in [9.17, 15) is 0 Å². The molecule has 2 atom stereocenters. The topological polar surface area (TPSA) is 48.8 Å². The molecule has 2 fully saturated rings. The molecule has 0 unspecified atom stereocenters.